The summed E-state index contributed by atoms with van der Waals surface area (Å²) < 4.78 is 5.85. The van der Waals surface area contributed by atoms with E-state index in [4.69, 9.17) is 23.2 Å². The number of carbonyl (C=O) groups excluding carboxylic acids is 1. The Morgan fingerprint density at radius 3 is 2.84 bits per heavy atom. The zero-order valence-corrected chi connectivity index (χ0v) is 11.5. The Balaban J connectivity index is 2.46. The van der Waals surface area contributed by atoms with Crippen LogP contribution in [-0.2, 0) is 16.1 Å². The molecule has 7 heteroatoms. The molecule has 0 N–H and O–H groups in total. The minimum absolute atomic E-state index is 0.0951. The molecule has 0 saturated heterocycles. The lowest BCUT2D eigenvalue weighted by atomic mass is 10.2. The van der Waals surface area contributed by atoms with E-state index < -0.39 is 5.97 Å². The molecule has 0 radical (unpaired) electrons. The van der Waals surface area contributed by atoms with Crippen molar-refractivity contribution >= 4 is 40.1 Å². The molecule has 2 rings (SSSR count). The summed E-state index contributed by atoms with van der Waals surface area (Å²) in [6.45, 7) is 0.193. The SMILES string of the molecule is COC(=O)CCn1cnc2c(Cl)cc(Cl)cc2c1=O. The molecule has 2 aromatic rings. The Hall–Kier alpha value is -1.59. The molecule has 0 amide bonds. The summed E-state index contributed by atoms with van der Waals surface area (Å²) in [6, 6.07) is 3.03. The molecule has 0 aliphatic heterocycles. The zero-order chi connectivity index (χ0) is 14.0. The van der Waals surface area contributed by atoms with Crippen molar-refractivity contribution in [2.75, 3.05) is 7.11 Å². The molecule has 0 saturated carbocycles. The zero-order valence-electron chi connectivity index (χ0n) is 10.0. The van der Waals surface area contributed by atoms with Crippen LogP contribution in [-0.4, -0.2) is 22.6 Å². The smallest absolute Gasteiger partial charge is 0.307 e. The lowest BCUT2D eigenvalue weighted by molar-refractivity contribution is -0.140. The van der Waals surface area contributed by atoms with Gasteiger partial charge in [0.05, 0.1) is 35.8 Å². The molecule has 0 spiro atoms. The number of halogens is 2. The van der Waals surface area contributed by atoms with Gasteiger partial charge >= 0.3 is 5.97 Å². The number of esters is 1. The molecule has 5 nitrogen and oxygen atoms in total. The number of rotatable bonds is 3. The molecule has 19 heavy (non-hydrogen) atoms. The number of ether oxygens (including phenoxy) is 1. The maximum Gasteiger partial charge on any atom is 0.307 e. The first kappa shape index (κ1) is 13.8. The van der Waals surface area contributed by atoms with Gasteiger partial charge in [-0.3, -0.25) is 14.2 Å². The normalized spacial score (nSPS) is 10.7. The second-order valence-corrected chi connectivity index (χ2v) is 4.70. The highest BCUT2D eigenvalue weighted by Gasteiger charge is 2.10. The van der Waals surface area contributed by atoms with Crippen molar-refractivity contribution in [1.29, 1.82) is 0 Å². The quantitative estimate of drug-likeness (QED) is 0.816. The number of hydrogen-bond acceptors (Lipinski definition) is 4. The van der Waals surface area contributed by atoms with Crippen LogP contribution < -0.4 is 5.56 Å². The molecule has 0 bridgehead atoms. The van der Waals surface area contributed by atoms with Crippen molar-refractivity contribution in [2.45, 2.75) is 13.0 Å². The molecular formula is C12H10Cl2N2O3. The standard InChI is InChI=1S/C12H10Cl2N2O3/c1-19-10(17)2-3-16-6-15-11-8(12(16)18)4-7(13)5-9(11)14/h4-6H,2-3H2,1H3. The molecule has 1 aromatic heterocycles. The fourth-order valence-corrected chi connectivity index (χ4v) is 2.21. The van der Waals surface area contributed by atoms with Gasteiger partial charge in [0.15, 0.2) is 0 Å². The van der Waals surface area contributed by atoms with E-state index in [1.807, 2.05) is 0 Å². The number of fused-ring (bicyclic) bond motifs is 1. The van der Waals surface area contributed by atoms with E-state index in [0.717, 1.165) is 0 Å². The van der Waals surface area contributed by atoms with E-state index in [1.165, 1.54) is 30.1 Å². The van der Waals surface area contributed by atoms with Crippen LogP contribution in [0, 0.1) is 0 Å². The van der Waals surface area contributed by atoms with Gasteiger partial charge in [-0.05, 0) is 12.1 Å². The van der Waals surface area contributed by atoms with Crippen LogP contribution in [0.2, 0.25) is 10.0 Å². The molecule has 0 aliphatic rings. The number of methoxy groups -OCH3 is 1. The highest BCUT2D eigenvalue weighted by molar-refractivity contribution is 6.38. The van der Waals surface area contributed by atoms with Gasteiger partial charge < -0.3 is 4.74 Å². The highest BCUT2D eigenvalue weighted by atomic mass is 35.5. The number of nitrogens with zero attached hydrogens (tertiary/aromatic N) is 2. The Kier molecular flexibility index (Phi) is 4.07. The third-order valence-electron chi connectivity index (χ3n) is 2.63. The fraction of sp³-hybridized carbons (Fsp3) is 0.250. The van der Waals surface area contributed by atoms with Crippen molar-refractivity contribution in [3.8, 4) is 0 Å². The van der Waals surface area contributed by atoms with Crippen molar-refractivity contribution in [1.82, 2.24) is 9.55 Å². The predicted molar refractivity (Wildman–Crippen MR) is 72.7 cm³/mol. The number of hydrogen-bond donors (Lipinski definition) is 0. The monoisotopic (exact) mass is 300 g/mol. The summed E-state index contributed by atoms with van der Waals surface area (Å²) in [4.78, 5) is 27.4. The first-order chi connectivity index (χ1) is 9.02. The maximum atomic E-state index is 12.2. The first-order valence-corrected chi connectivity index (χ1v) is 6.19. The number of benzene rings is 1. The molecule has 0 atom stereocenters. The van der Waals surface area contributed by atoms with E-state index in [-0.39, 0.29) is 18.5 Å². The van der Waals surface area contributed by atoms with Crippen LogP contribution in [0.4, 0.5) is 0 Å². The minimum Gasteiger partial charge on any atom is -0.469 e. The van der Waals surface area contributed by atoms with Crippen molar-refractivity contribution in [3.63, 3.8) is 0 Å². The average molecular weight is 301 g/mol. The van der Waals surface area contributed by atoms with Crippen LogP contribution in [0.3, 0.4) is 0 Å². The van der Waals surface area contributed by atoms with Gasteiger partial charge in [-0.1, -0.05) is 23.2 Å². The Bertz CT molecular complexity index is 697. The van der Waals surface area contributed by atoms with Crippen molar-refractivity contribution < 1.29 is 9.53 Å². The number of aryl methyl sites for hydroxylation is 1. The topological polar surface area (TPSA) is 61.2 Å². The molecular weight excluding hydrogens is 291 g/mol. The van der Waals surface area contributed by atoms with Crippen molar-refractivity contribution in [2.24, 2.45) is 0 Å². The van der Waals surface area contributed by atoms with Gasteiger partial charge in [0.1, 0.15) is 0 Å². The molecule has 0 aliphatic carbocycles. The summed E-state index contributed by atoms with van der Waals surface area (Å²) in [6.07, 6.45) is 1.45. The van der Waals surface area contributed by atoms with E-state index in [9.17, 15) is 9.59 Å². The molecule has 1 heterocycles. The van der Waals surface area contributed by atoms with Crippen LogP contribution in [0.15, 0.2) is 23.3 Å². The Morgan fingerprint density at radius 2 is 2.16 bits per heavy atom. The van der Waals surface area contributed by atoms with E-state index >= 15 is 0 Å². The van der Waals surface area contributed by atoms with Gasteiger partial charge in [0.2, 0.25) is 0 Å². The van der Waals surface area contributed by atoms with Gasteiger partial charge in [-0.15, -0.1) is 0 Å². The second kappa shape index (κ2) is 5.59. The van der Waals surface area contributed by atoms with Crippen LogP contribution >= 0.6 is 23.2 Å². The summed E-state index contributed by atoms with van der Waals surface area (Å²) in [7, 11) is 1.29. The van der Waals surface area contributed by atoms with E-state index in [2.05, 4.69) is 9.72 Å². The Labute approximate surface area is 118 Å². The van der Waals surface area contributed by atoms with Crippen LogP contribution in [0.5, 0.6) is 0 Å². The second-order valence-electron chi connectivity index (χ2n) is 3.85. The molecule has 1 aromatic carbocycles. The highest BCUT2D eigenvalue weighted by Crippen LogP contribution is 2.23. The van der Waals surface area contributed by atoms with Crippen molar-refractivity contribution in [3.05, 3.63) is 38.9 Å². The Morgan fingerprint density at radius 1 is 1.42 bits per heavy atom. The maximum absolute atomic E-state index is 12.2. The number of carbonyl (C=O) groups is 1. The molecule has 0 fully saturated rings. The largest absolute Gasteiger partial charge is 0.469 e. The lowest BCUT2D eigenvalue weighted by Crippen LogP contribution is -2.22. The fourth-order valence-electron chi connectivity index (χ4n) is 1.67. The van der Waals surface area contributed by atoms with Crippen LogP contribution in [0.25, 0.3) is 10.9 Å². The van der Waals surface area contributed by atoms with Crippen LogP contribution in [0.1, 0.15) is 6.42 Å². The van der Waals surface area contributed by atoms with Gasteiger partial charge in [-0.2, -0.15) is 0 Å². The van der Waals surface area contributed by atoms with Gasteiger partial charge in [0.25, 0.3) is 5.56 Å². The minimum atomic E-state index is -0.392. The number of aromatic nitrogens is 2. The summed E-state index contributed by atoms with van der Waals surface area (Å²) in [5.41, 5.74) is 0.101. The van der Waals surface area contributed by atoms with Gasteiger partial charge in [-0.25, -0.2) is 4.98 Å². The third kappa shape index (κ3) is 2.88. The molecule has 0 unspecified atom stereocenters. The molecule has 100 valence electrons. The van der Waals surface area contributed by atoms with Gasteiger partial charge in [0, 0.05) is 11.6 Å². The average Bonchev–Trinajstić information content (AvgIpc) is 2.38. The van der Waals surface area contributed by atoms with E-state index in [1.54, 1.807) is 0 Å². The third-order valence-corrected chi connectivity index (χ3v) is 3.14. The summed E-state index contributed by atoms with van der Waals surface area (Å²) >= 11 is 11.8. The predicted octanol–water partition coefficient (Wildman–Crippen LogP) is 2.27. The summed E-state index contributed by atoms with van der Waals surface area (Å²) in [5.74, 6) is -0.392. The van der Waals surface area contributed by atoms with E-state index in [0.29, 0.717) is 20.9 Å². The first-order valence-electron chi connectivity index (χ1n) is 5.44. The lowest BCUT2D eigenvalue weighted by Gasteiger charge is -2.07. The summed E-state index contributed by atoms with van der Waals surface area (Å²) in [5, 5.41) is 1.01.